The number of aryl methyl sites for hydroxylation is 1. The van der Waals surface area contributed by atoms with Crippen molar-refractivity contribution in [3.8, 4) is 5.88 Å². The summed E-state index contributed by atoms with van der Waals surface area (Å²) in [4.78, 5) is 18.6. The van der Waals surface area contributed by atoms with Crippen LogP contribution in [0.15, 0.2) is 0 Å². The van der Waals surface area contributed by atoms with Crippen molar-refractivity contribution in [2.75, 3.05) is 25.6 Å². The molecule has 1 aromatic rings. The van der Waals surface area contributed by atoms with Crippen LogP contribution in [0, 0.1) is 17.0 Å². The lowest BCUT2D eigenvalue weighted by molar-refractivity contribution is -0.385. The predicted molar refractivity (Wildman–Crippen MR) is 69.6 cm³/mol. The Bertz CT molecular complexity index is 451. The second-order valence-corrected chi connectivity index (χ2v) is 4.17. The van der Waals surface area contributed by atoms with E-state index in [0.29, 0.717) is 12.4 Å². The summed E-state index contributed by atoms with van der Waals surface area (Å²) >= 11 is 0. The summed E-state index contributed by atoms with van der Waals surface area (Å²) in [7, 11) is 1.52. The zero-order valence-corrected chi connectivity index (χ0v) is 11.5. The topological polar surface area (TPSA) is 99.4 Å². The number of methoxy groups -OCH3 is 1. The molecule has 0 aliphatic rings. The molecule has 8 nitrogen and oxygen atoms in total. The van der Waals surface area contributed by atoms with Gasteiger partial charge in [-0.05, 0) is 20.8 Å². The largest absolute Gasteiger partial charge is 0.470 e. The third-order valence-electron chi connectivity index (χ3n) is 2.10. The fourth-order valence-corrected chi connectivity index (χ4v) is 1.40. The highest BCUT2D eigenvalue weighted by Crippen LogP contribution is 2.32. The molecule has 0 aliphatic carbocycles. The van der Waals surface area contributed by atoms with Gasteiger partial charge in [0, 0.05) is 13.2 Å². The van der Waals surface area contributed by atoms with Gasteiger partial charge < -0.3 is 14.8 Å². The van der Waals surface area contributed by atoms with Gasteiger partial charge in [-0.2, -0.15) is 4.98 Å². The van der Waals surface area contributed by atoms with Gasteiger partial charge in [-0.1, -0.05) is 0 Å². The average Bonchev–Trinajstić information content (AvgIpc) is 2.27. The van der Waals surface area contributed by atoms with Gasteiger partial charge in [-0.3, -0.25) is 10.1 Å². The molecular weight excluding hydrogens is 252 g/mol. The van der Waals surface area contributed by atoms with E-state index in [9.17, 15) is 10.1 Å². The zero-order valence-electron chi connectivity index (χ0n) is 11.5. The highest BCUT2D eigenvalue weighted by Gasteiger charge is 2.26. The Morgan fingerprint density at radius 3 is 2.58 bits per heavy atom. The first-order chi connectivity index (χ1) is 8.95. The fourth-order valence-electron chi connectivity index (χ4n) is 1.40. The van der Waals surface area contributed by atoms with Crippen LogP contribution in [0.3, 0.4) is 0 Å². The first kappa shape index (κ1) is 15.1. The zero-order chi connectivity index (χ0) is 14.4. The summed E-state index contributed by atoms with van der Waals surface area (Å²) in [5, 5.41) is 14.1. The molecule has 0 fully saturated rings. The third kappa shape index (κ3) is 4.32. The molecule has 0 spiro atoms. The predicted octanol–water partition coefficient (Wildman–Crippen LogP) is 1.54. The van der Waals surface area contributed by atoms with E-state index >= 15 is 0 Å². The van der Waals surface area contributed by atoms with Crippen LogP contribution in [0.5, 0.6) is 5.88 Å². The molecule has 1 aromatic heterocycles. The van der Waals surface area contributed by atoms with E-state index in [4.69, 9.17) is 9.47 Å². The second kappa shape index (κ2) is 6.83. The standard InChI is InChI=1S/C11H18N4O4/c1-7(2)12-10-9(15(16)17)11(14-8(3)13-10)19-6-5-18-4/h7H,5-6H2,1-4H3,(H,12,13,14). The van der Waals surface area contributed by atoms with Crippen molar-refractivity contribution in [1.29, 1.82) is 0 Å². The molecule has 0 radical (unpaired) electrons. The van der Waals surface area contributed by atoms with E-state index in [1.807, 2.05) is 13.8 Å². The van der Waals surface area contributed by atoms with Crippen LogP contribution in [0.4, 0.5) is 11.5 Å². The summed E-state index contributed by atoms with van der Waals surface area (Å²) in [6.45, 7) is 5.90. The number of hydrogen-bond acceptors (Lipinski definition) is 7. The number of nitrogens with zero attached hydrogens (tertiary/aromatic N) is 3. The van der Waals surface area contributed by atoms with Gasteiger partial charge in [0.05, 0.1) is 11.5 Å². The van der Waals surface area contributed by atoms with E-state index in [1.54, 1.807) is 6.92 Å². The first-order valence-electron chi connectivity index (χ1n) is 5.87. The van der Waals surface area contributed by atoms with E-state index in [-0.39, 0.29) is 30.0 Å². The molecule has 1 N–H and O–H groups in total. The maximum Gasteiger partial charge on any atom is 0.372 e. The molecule has 0 aromatic carbocycles. The first-order valence-corrected chi connectivity index (χ1v) is 5.87. The van der Waals surface area contributed by atoms with Gasteiger partial charge in [0.2, 0.25) is 5.82 Å². The minimum atomic E-state index is -0.549. The Labute approximate surface area is 111 Å². The van der Waals surface area contributed by atoms with Crippen LogP contribution >= 0.6 is 0 Å². The molecule has 0 saturated heterocycles. The molecule has 0 aliphatic heterocycles. The van der Waals surface area contributed by atoms with Crippen LogP contribution in [-0.2, 0) is 4.74 Å². The molecule has 106 valence electrons. The van der Waals surface area contributed by atoms with Gasteiger partial charge >= 0.3 is 5.69 Å². The van der Waals surface area contributed by atoms with Gasteiger partial charge in [-0.25, -0.2) is 4.98 Å². The number of aromatic nitrogens is 2. The Morgan fingerprint density at radius 1 is 1.37 bits per heavy atom. The van der Waals surface area contributed by atoms with Crippen LogP contribution in [0.25, 0.3) is 0 Å². The molecule has 0 atom stereocenters. The van der Waals surface area contributed by atoms with Gasteiger partial charge in [0.25, 0.3) is 5.88 Å². The van der Waals surface area contributed by atoms with Crippen LogP contribution in [0.1, 0.15) is 19.7 Å². The minimum Gasteiger partial charge on any atom is -0.470 e. The molecule has 0 bridgehead atoms. The highest BCUT2D eigenvalue weighted by atomic mass is 16.6. The van der Waals surface area contributed by atoms with Crippen molar-refractivity contribution in [3.05, 3.63) is 15.9 Å². The lowest BCUT2D eigenvalue weighted by Crippen LogP contribution is -2.15. The number of rotatable bonds is 7. The summed E-state index contributed by atoms with van der Waals surface area (Å²) in [6.07, 6.45) is 0. The quantitative estimate of drug-likeness (QED) is 0.455. The summed E-state index contributed by atoms with van der Waals surface area (Å²) in [5.41, 5.74) is -0.254. The molecule has 19 heavy (non-hydrogen) atoms. The second-order valence-electron chi connectivity index (χ2n) is 4.17. The molecule has 0 amide bonds. The van der Waals surface area contributed by atoms with Crippen LogP contribution in [-0.4, -0.2) is 41.3 Å². The average molecular weight is 270 g/mol. The normalized spacial score (nSPS) is 10.6. The fraction of sp³-hybridized carbons (Fsp3) is 0.636. The molecule has 0 unspecified atom stereocenters. The van der Waals surface area contributed by atoms with Crippen molar-refractivity contribution in [2.45, 2.75) is 26.8 Å². The summed E-state index contributed by atoms with van der Waals surface area (Å²) < 4.78 is 10.1. The smallest absolute Gasteiger partial charge is 0.372 e. The molecule has 1 heterocycles. The number of ether oxygens (including phenoxy) is 2. The monoisotopic (exact) mass is 270 g/mol. The van der Waals surface area contributed by atoms with Crippen LogP contribution < -0.4 is 10.1 Å². The molecule has 8 heteroatoms. The maximum absolute atomic E-state index is 11.1. The minimum absolute atomic E-state index is 0.0137. The Kier molecular flexibility index (Phi) is 5.43. The lowest BCUT2D eigenvalue weighted by Gasteiger charge is -2.12. The maximum atomic E-state index is 11.1. The van der Waals surface area contributed by atoms with Crippen molar-refractivity contribution in [1.82, 2.24) is 9.97 Å². The molecule has 0 saturated carbocycles. The number of nitro groups is 1. The summed E-state index contributed by atoms with van der Waals surface area (Å²) in [6, 6.07) is 0.0137. The van der Waals surface area contributed by atoms with Crippen molar-refractivity contribution in [3.63, 3.8) is 0 Å². The Morgan fingerprint density at radius 2 is 2.05 bits per heavy atom. The number of hydrogen-bond donors (Lipinski definition) is 1. The highest BCUT2D eigenvalue weighted by molar-refractivity contribution is 5.62. The SMILES string of the molecule is COCCOc1nc(C)nc(NC(C)C)c1[N+](=O)[O-]. The van der Waals surface area contributed by atoms with Crippen LogP contribution in [0.2, 0.25) is 0 Å². The van der Waals surface area contributed by atoms with Crippen molar-refractivity contribution in [2.24, 2.45) is 0 Å². The van der Waals surface area contributed by atoms with E-state index in [2.05, 4.69) is 15.3 Å². The molecule has 1 rings (SSSR count). The lowest BCUT2D eigenvalue weighted by atomic mass is 10.3. The van der Waals surface area contributed by atoms with Gasteiger partial charge in [0.1, 0.15) is 12.4 Å². The van der Waals surface area contributed by atoms with E-state index < -0.39 is 4.92 Å². The Balaban J connectivity index is 3.12. The van der Waals surface area contributed by atoms with Gasteiger partial charge in [0.15, 0.2) is 0 Å². The van der Waals surface area contributed by atoms with Gasteiger partial charge in [-0.15, -0.1) is 0 Å². The van der Waals surface area contributed by atoms with E-state index in [0.717, 1.165) is 0 Å². The molecular formula is C11H18N4O4. The summed E-state index contributed by atoms with van der Waals surface area (Å²) in [5.74, 6) is 0.527. The number of nitrogens with one attached hydrogen (secondary N) is 1. The third-order valence-corrected chi connectivity index (χ3v) is 2.10. The number of anilines is 1. The van der Waals surface area contributed by atoms with Crippen molar-refractivity contribution >= 4 is 11.5 Å². The Hall–Kier alpha value is -1.96. The van der Waals surface area contributed by atoms with Crippen molar-refractivity contribution < 1.29 is 14.4 Å². The van der Waals surface area contributed by atoms with E-state index in [1.165, 1.54) is 7.11 Å².